The van der Waals surface area contributed by atoms with E-state index in [1.807, 2.05) is 11.8 Å². The number of nitrogens with two attached hydrogens (primary N) is 1. The first-order valence-corrected chi connectivity index (χ1v) is 8.37. The summed E-state index contributed by atoms with van der Waals surface area (Å²) in [4.78, 5) is 4.45. The maximum Gasteiger partial charge on any atom is 0.201 e. The van der Waals surface area contributed by atoms with E-state index in [9.17, 15) is 0 Å². The number of anilines is 1. The van der Waals surface area contributed by atoms with Gasteiger partial charge in [0.1, 0.15) is 0 Å². The van der Waals surface area contributed by atoms with Crippen molar-refractivity contribution in [3.05, 3.63) is 21.8 Å². The number of aromatic nitrogens is 2. The molecule has 1 aromatic carbocycles. The maximum atomic E-state index is 6.05. The molecule has 2 rings (SSSR count). The van der Waals surface area contributed by atoms with Gasteiger partial charge in [-0.15, -0.1) is 0 Å². The molecule has 0 fully saturated rings. The van der Waals surface area contributed by atoms with E-state index >= 15 is 0 Å². The SMILES string of the molecule is CCSCCC(C)n1c(N)nc2cc(I)ccc21. The number of imidazole rings is 1. The summed E-state index contributed by atoms with van der Waals surface area (Å²) in [6.45, 7) is 4.41. The van der Waals surface area contributed by atoms with Crippen molar-refractivity contribution in [2.45, 2.75) is 26.3 Å². The third-order valence-electron chi connectivity index (χ3n) is 3.00. The molecule has 0 bridgehead atoms. The average molecular weight is 375 g/mol. The van der Waals surface area contributed by atoms with Crippen molar-refractivity contribution in [1.82, 2.24) is 9.55 Å². The van der Waals surface area contributed by atoms with E-state index in [1.165, 1.54) is 15.1 Å². The molecule has 0 aliphatic heterocycles. The standard InChI is InChI=1S/C13H18IN3S/c1-3-18-7-6-9(2)17-12-5-4-10(14)8-11(12)16-13(17)15/h4-5,8-9H,3,6-7H2,1-2H3,(H2,15,16). The van der Waals surface area contributed by atoms with Crippen LogP contribution in [0.2, 0.25) is 0 Å². The molecule has 0 amide bonds. The number of rotatable bonds is 5. The van der Waals surface area contributed by atoms with Crippen molar-refractivity contribution in [1.29, 1.82) is 0 Å². The highest BCUT2D eigenvalue weighted by Gasteiger charge is 2.13. The van der Waals surface area contributed by atoms with Gasteiger partial charge >= 0.3 is 0 Å². The first kappa shape index (κ1) is 14.0. The summed E-state index contributed by atoms with van der Waals surface area (Å²) in [7, 11) is 0. The van der Waals surface area contributed by atoms with Crippen LogP contribution in [0.4, 0.5) is 5.95 Å². The molecule has 0 radical (unpaired) electrons. The summed E-state index contributed by atoms with van der Waals surface area (Å²) in [5, 5.41) is 0. The highest BCUT2D eigenvalue weighted by atomic mass is 127. The number of fused-ring (bicyclic) bond motifs is 1. The average Bonchev–Trinajstić information content (AvgIpc) is 2.64. The van der Waals surface area contributed by atoms with Crippen molar-refractivity contribution in [2.24, 2.45) is 0 Å². The lowest BCUT2D eigenvalue weighted by atomic mass is 10.2. The highest BCUT2D eigenvalue weighted by molar-refractivity contribution is 14.1. The Morgan fingerprint density at radius 1 is 1.50 bits per heavy atom. The molecule has 1 aromatic heterocycles. The largest absolute Gasteiger partial charge is 0.369 e. The van der Waals surface area contributed by atoms with Crippen LogP contribution >= 0.6 is 34.4 Å². The third-order valence-corrected chi connectivity index (χ3v) is 4.61. The number of halogens is 1. The Bertz CT molecular complexity index is 538. The van der Waals surface area contributed by atoms with Gasteiger partial charge in [-0.05, 0) is 65.6 Å². The molecule has 1 heterocycles. The predicted molar refractivity (Wildman–Crippen MR) is 89.2 cm³/mol. The molecule has 18 heavy (non-hydrogen) atoms. The molecule has 0 saturated carbocycles. The zero-order chi connectivity index (χ0) is 13.1. The zero-order valence-electron chi connectivity index (χ0n) is 10.7. The molecule has 2 aromatic rings. The Morgan fingerprint density at radius 3 is 3.00 bits per heavy atom. The molecule has 5 heteroatoms. The fourth-order valence-electron chi connectivity index (χ4n) is 2.08. The Kier molecular flexibility index (Phi) is 4.77. The topological polar surface area (TPSA) is 43.8 Å². The van der Waals surface area contributed by atoms with Gasteiger partial charge in [-0.2, -0.15) is 11.8 Å². The monoisotopic (exact) mass is 375 g/mol. The minimum atomic E-state index is 0.397. The molecular weight excluding hydrogens is 357 g/mol. The molecule has 0 saturated heterocycles. The van der Waals surface area contributed by atoms with E-state index in [2.05, 4.69) is 64.2 Å². The van der Waals surface area contributed by atoms with E-state index in [0.29, 0.717) is 12.0 Å². The van der Waals surface area contributed by atoms with Crippen LogP contribution in [0.3, 0.4) is 0 Å². The Labute approximate surface area is 126 Å². The normalized spacial score (nSPS) is 13.1. The molecular formula is C13H18IN3S. The third kappa shape index (κ3) is 2.93. The number of thioether (sulfide) groups is 1. The molecule has 98 valence electrons. The molecule has 1 atom stereocenters. The van der Waals surface area contributed by atoms with Gasteiger partial charge in [-0.25, -0.2) is 4.98 Å². The van der Waals surface area contributed by atoms with Crippen molar-refractivity contribution in [3.63, 3.8) is 0 Å². The molecule has 0 aliphatic carbocycles. The molecule has 0 spiro atoms. The lowest BCUT2D eigenvalue weighted by Gasteiger charge is -2.15. The molecule has 3 nitrogen and oxygen atoms in total. The minimum Gasteiger partial charge on any atom is -0.369 e. The van der Waals surface area contributed by atoms with Crippen LogP contribution in [0.1, 0.15) is 26.3 Å². The van der Waals surface area contributed by atoms with E-state index in [-0.39, 0.29) is 0 Å². The van der Waals surface area contributed by atoms with Crippen LogP contribution in [0, 0.1) is 3.57 Å². The number of benzene rings is 1. The second-order valence-electron chi connectivity index (χ2n) is 4.31. The summed E-state index contributed by atoms with van der Waals surface area (Å²) >= 11 is 4.27. The number of nitrogens with zero attached hydrogens (tertiary/aromatic N) is 2. The molecule has 2 N–H and O–H groups in total. The van der Waals surface area contributed by atoms with Crippen LogP contribution in [0.25, 0.3) is 11.0 Å². The van der Waals surface area contributed by atoms with Crippen LogP contribution in [0.5, 0.6) is 0 Å². The second kappa shape index (κ2) is 6.14. The van der Waals surface area contributed by atoms with Crippen LogP contribution < -0.4 is 5.73 Å². The first-order chi connectivity index (χ1) is 8.63. The van der Waals surface area contributed by atoms with Crippen molar-refractivity contribution >= 4 is 51.3 Å². The number of hydrogen-bond acceptors (Lipinski definition) is 3. The van der Waals surface area contributed by atoms with E-state index in [1.54, 1.807) is 0 Å². The first-order valence-electron chi connectivity index (χ1n) is 6.14. The predicted octanol–water partition coefficient (Wildman–Crippen LogP) is 3.93. The quantitative estimate of drug-likeness (QED) is 0.636. The fourth-order valence-corrected chi connectivity index (χ4v) is 3.35. The van der Waals surface area contributed by atoms with Gasteiger partial charge < -0.3 is 10.3 Å². The van der Waals surface area contributed by atoms with Crippen molar-refractivity contribution < 1.29 is 0 Å². The fraction of sp³-hybridized carbons (Fsp3) is 0.462. The van der Waals surface area contributed by atoms with E-state index in [0.717, 1.165) is 17.5 Å². The van der Waals surface area contributed by atoms with Gasteiger partial charge in [0.25, 0.3) is 0 Å². The van der Waals surface area contributed by atoms with Gasteiger partial charge in [0.15, 0.2) is 0 Å². The van der Waals surface area contributed by atoms with E-state index in [4.69, 9.17) is 5.73 Å². The molecule has 1 unspecified atom stereocenters. The smallest absolute Gasteiger partial charge is 0.201 e. The van der Waals surface area contributed by atoms with Crippen molar-refractivity contribution in [3.8, 4) is 0 Å². The summed E-state index contributed by atoms with van der Waals surface area (Å²) in [5.41, 5.74) is 8.19. The van der Waals surface area contributed by atoms with Crippen molar-refractivity contribution in [2.75, 3.05) is 17.2 Å². The van der Waals surface area contributed by atoms with Crippen LogP contribution in [0.15, 0.2) is 18.2 Å². The van der Waals surface area contributed by atoms with E-state index < -0.39 is 0 Å². The van der Waals surface area contributed by atoms with Crippen LogP contribution in [-0.2, 0) is 0 Å². The Balaban J connectivity index is 2.29. The van der Waals surface area contributed by atoms with Gasteiger partial charge in [0.05, 0.1) is 11.0 Å². The summed E-state index contributed by atoms with van der Waals surface area (Å²) in [6, 6.07) is 6.70. The Morgan fingerprint density at radius 2 is 2.28 bits per heavy atom. The lowest BCUT2D eigenvalue weighted by Crippen LogP contribution is -2.09. The summed E-state index contributed by atoms with van der Waals surface area (Å²) in [6.07, 6.45) is 1.13. The number of hydrogen-bond donors (Lipinski definition) is 1. The van der Waals surface area contributed by atoms with Crippen LogP contribution in [-0.4, -0.2) is 21.1 Å². The lowest BCUT2D eigenvalue weighted by molar-refractivity contribution is 0.556. The summed E-state index contributed by atoms with van der Waals surface area (Å²) < 4.78 is 3.35. The van der Waals surface area contributed by atoms with Gasteiger partial charge in [-0.3, -0.25) is 0 Å². The van der Waals surface area contributed by atoms with Gasteiger partial charge in [0.2, 0.25) is 5.95 Å². The maximum absolute atomic E-state index is 6.05. The minimum absolute atomic E-state index is 0.397. The zero-order valence-corrected chi connectivity index (χ0v) is 13.7. The number of nitrogen functional groups attached to an aromatic ring is 1. The Hall–Kier alpha value is -0.430. The highest BCUT2D eigenvalue weighted by Crippen LogP contribution is 2.26. The second-order valence-corrected chi connectivity index (χ2v) is 6.95. The molecule has 0 aliphatic rings. The van der Waals surface area contributed by atoms with Gasteiger partial charge in [0, 0.05) is 9.61 Å². The summed E-state index contributed by atoms with van der Waals surface area (Å²) in [5.74, 6) is 2.97. The van der Waals surface area contributed by atoms with Gasteiger partial charge in [-0.1, -0.05) is 6.92 Å².